The molecular weight excluding hydrogens is 296 g/mol. The van der Waals surface area contributed by atoms with Gasteiger partial charge < -0.3 is 10.6 Å². The van der Waals surface area contributed by atoms with E-state index < -0.39 is 0 Å². The third kappa shape index (κ3) is 2.91. The van der Waals surface area contributed by atoms with E-state index >= 15 is 0 Å². The zero-order valence-electron chi connectivity index (χ0n) is 13.8. The Kier molecular flexibility index (Phi) is 4.50. The fourth-order valence-electron chi connectivity index (χ4n) is 6.62. The molecule has 0 aromatic carbocycles. The molecule has 0 radical (unpaired) electrons. The largest absolute Gasteiger partial charge is 0.345 e. The summed E-state index contributed by atoms with van der Waals surface area (Å²) in [5.41, 5.74) is 6.45. The van der Waals surface area contributed by atoms with Crippen LogP contribution in [0, 0.1) is 29.1 Å². The highest BCUT2D eigenvalue weighted by molar-refractivity contribution is 5.85. The van der Waals surface area contributed by atoms with Gasteiger partial charge in [-0.3, -0.25) is 4.79 Å². The van der Waals surface area contributed by atoms with E-state index in [0.29, 0.717) is 11.3 Å². The van der Waals surface area contributed by atoms with E-state index in [0.717, 1.165) is 43.6 Å². The van der Waals surface area contributed by atoms with Crippen LogP contribution in [0.1, 0.15) is 57.8 Å². The van der Waals surface area contributed by atoms with Crippen molar-refractivity contribution in [3.05, 3.63) is 0 Å². The van der Waals surface area contributed by atoms with Gasteiger partial charge in [-0.15, -0.1) is 12.4 Å². The van der Waals surface area contributed by atoms with E-state index in [4.69, 9.17) is 5.73 Å². The van der Waals surface area contributed by atoms with E-state index in [2.05, 4.69) is 4.90 Å². The summed E-state index contributed by atoms with van der Waals surface area (Å²) < 4.78 is 0. The molecule has 3 nitrogen and oxygen atoms in total. The van der Waals surface area contributed by atoms with Crippen molar-refractivity contribution in [2.45, 2.75) is 63.8 Å². The average molecular weight is 327 g/mol. The van der Waals surface area contributed by atoms with Gasteiger partial charge in [-0.25, -0.2) is 0 Å². The lowest BCUT2D eigenvalue weighted by Gasteiger charge is -2.57. The Morgan fingerprint density at radius 2 is 1.59 bits per heavy atom. The summed E-state index contributed by atoms with van der Waals surface area (Å²) in [4.78, 5) is 14.8. The van der Waals surface area contributed by atoms with Crippen molar-refractivity contribution >= 4 is 18.3 Å². The zero-order chi connectivity index (χ0) is 14.6. The van der Waals surface area contributed by atoms with Crippen molar-refractivity contribution in [1.29, 1.82) is 0 Å². The van der Waals surface area contributed by atoms with Crippen molar-refractivity contribution in [1.82, 2.24) is 4.90 Å². The summed E-state index contributed by atoms with van der Waals surface area (Å²) in [5.74, 6) is 3.50. The molecule has 0 spiro atoms. The monoisotopic (exact) mass is 326 g/mol. The highest BCUT2D eigenvalue weighted by atomic mass is 35.5. The zero-order valence-corrected chi connectivity index (χ0v) is 14.6. The van der Waals surface area contributed by atoms with Gasteiger partial charge in [-0.1, -0.05) is 0 Å². The molecule has 5 saturated carbocycles. The van der Waals surface area contributed by atoms with Crippen LogP contribution in [-0.2, 0) is 4.79 Å². The van der Waals surface area contributed by atoms with Gasteiger partial charge in [0, 0.05) is 25.6 Å². The molecular formula is C18H31ClN2O. The number of carbonyl (C=O) groups excluding carboxylic acids is 1. The molecule has 5 aliphatic rings. The van der Waals surface area contributed by atoms with E-state index in [1.165, 1.54) is 38.5 Å². The molecule has 5 rings (SSSR count). The van der Waals surface area contributed by atoms with Crippen LogP contribution in [0.15, 0.2) is 0 Å². The molecule has 4 bridgehead atoms. The van der Waals surface area contributed by atoms with Gasteiger partial charge in [0.1, 0.15) is 0 Å². The number of rotatable bonds is 3. The van der Waals surface area contributed by atoms with E-state index in [-0.39, 0.29) is 24.4 Å². The van der Waals surface area contributed by atoms with Crippen LogP contribution < -0.4 is 5.73 Å². The molecule has 126 valence electrons. The average Bonchev–Trinajstić information content (AvgIpc) is 2.82. The lowest BCUT2D eigenvalue weighted by Crippen LogP contribution is -2.52. The van der Waals surface area contributed by atoms with Crippen LogP contribution in [0.3, 0.4) is 0 Å². The normalized spacial score (nSPS) is 45.6. The molecule has 0 aromatic rings. The van der Waals surface area contributed by atoms with Crippen LogP contribution in [0.2, 0.25) is 0 Å². The number of nitrogens with two attached hydrogens (primary N) is 1. The first kappa shape index (κ1) is 16.6. The summed E-state index contributed by atoms with van der Waals surface area (Å²) in [7, 11) is 2.05. The number of hydrogen-bond donors (Lipinski definition) is 1. The Balaban J connectivity index is 0.00000144. The predicted molar refractivity (Wildman–Crippen MR) is 90.8 cm³/mol. The second-order valence-electron chi connectivity index (χ2n) is 8.88. The number of nitrogens with zero attached hydrogens (tertiary/aromatic N) is 1. The maximum Gasteiger partial charge on any atom is 0.225 e. The van der Waals surface area contributed by atoms with Crippen molar-refractivity contribution < 1.29 is 4.79 Å². The Bertz CT molecular complexity index is 404. The van der Waals surface area contributed by atoms with Crippen LogP contribution in [0.5, 0.6) is 0 Å². The second kappa shape index (κ2) is 5.98. The molecule has 22 heavy (non-hydrogen) atoms. The highest BCUT2D eigenvalue weighted by Crippen LogP contribution is 2.60. The standard InChI is InChI=1S/C18H30N2O.ClH/c1-20(17(21)15-2-3-16(19)7-15)11-18-8-12-4-13(9-18)6-14(5-12)10-18;/h12-16H,2-11,19H2,1H3;1H. The first-order valence-corrected chi connectivity index (χ1v) is 9.03. The van der Waals surface area contributed by atoms with Gasteiger partial charge in [0.15, 0.2) is 0 Å². The topological polar surface area (TPSA) is 46.3 Å². The van der Waals surface area contributed by atoms with Crippen LogP contribution in [0.4, 0.5) is 0 Å². The van der Waals surface area contributed by atoms with E-state index in [1.807, 2.05) is 7.05 Å². The molecule has 5 aliphatic carbocycles. The fourth-order valence-corrected chi connectivity index (χ4v) is 6.62. The maximum atomic E-state index is 12.7. The highest BCUT2D eigenvalue weighted by Gasteiger charge is 2.51. The number of amides is 1. The molecule has 4 heteroatoms. The van der Waals surface area contributed by atoms with Gasteiger partial charge in [0.25, 0.3) is 0 Å². The third-order valence-electron chi connectivity index (χ3n) is 6.94. The molecule has 2 atom stereocenters. The third-order valence-corrected chi connectivity index (χ3v) is 6.94. The van der Waals surface area contributed by atoms with Crippen LogP contribution in [-0.4, -0.2) is 30.4 Å². The summed E-state index contributed by atoms with van der Waals surface area (Å²) in [6, 6.07) is 0.256. The van der Waals surface area contributed by atoms with Gasteiger partial charge in [-0.05, 0) is 81.0 Å². The molecule has 2 N–H and O–H groups in total. The first-order valence-electron chi connectivity index (χ1n) is 9.03. The fraction of sp³-hybridized carbons (Fsp3) is 0.944. The van der Waals surface area contributed by atoms with Crippen LogP contribution >= 0.6 is 12.4 Å². The lowest BCUT2D eigenvalue weighted by atomic mass is 9.49. The lowest BCUT2D eigenvalue weighted by molar-refractivity contribution is -0.139. The number of hydrogen-bond acceptors (Lipinski definition) is 2. The van der Waals surface area contributed by atoms with Gasteiger partial charge >= 0.3 is 0 Å². The van der Waals surface area contributed by atoms with Crippen molar-refractivity contribution in [3.8, 4) is 0 Å². The van der Waals surface area contributed by atoms with Gasteiger partial charge in [0.05, 0.1) is 0 Å². The summed E-state index contributed by atoms with van der Waals surface area (Å²) in [6.45, 7) is 1.01. The van der Waals surface area contributed by atoms with E-state index in [1.54, 1.807) is 0 Å². The Hall–Kier alpha value is -0.280. The Morgan fingerprint density at radius 3 is 2.05 bits per heavy atom. The SMILES string of the molecule is CN(CC12CC3CC(CC(C3)C1)C2)C(=O)C1CCC(N)C1.Cl. The maximum absolute atomic E-state index is 12.7. The quantitative estimate of drug-likeness (QED) is 0.865. The molecule has 1 amide bonds. The second-order valence-corrected chi connectivity index (χ2v) is 8.88. The summed E-state index contributed by atoms with van der Waals surface area (Å²) in [6.07, 6.45) is 11.6. The van der Waals surface area contributed by atoms with Crippen molar-refractivity contribution in [2.24, 2.45) is 34.8 Å². The molecule has 0 aliphatic heterocycles. The van der Waals surface area contributed by atoms with Crippen LogP contribution in [0.25, 0.3) is 0 Å². The number of carbonyl (C=O) groups is 1. The molecule has 2 unspecified atom stereocenters. The first-order chi connectivity index (χ1) is 10.0. The minimum absolute atomic E-state index is 0. The Labute approximate surface area is 140 Å². The van der Waals surface area contributed by atoms with Crippen molar-refractivity contribution in [3.63, 3.8) is 0 Å². The van der Waals surface area contributed by atoms with Crippen molar-refractivity contribution in [2.75, 3.05) is 13.6 Å². The van der Waals surface area contributed by atoms with Gasteiger partial charge in [0.2, 0.25) is 5.91 Å². The molecule has 0 aromatic heterocycles. The summed E-state index contributed by atoms with van der Waals surface area (Å²) >= 11 is 0. The minimum Gasteiger partial charge on any atom is -0.345 e. The van der Waals surface area contributed by atoms with E-state index in [9.17, 15) is 4.79 Å². The Morgan fingerprint density at radius 1 is 1.05 bits per heavy atom. The number of halogens is 1. The molecule has 5 fully saturated rings. The minimum atomic E-state index is 0. The molecule has 0 heterocycles. The summed E-state index contributed by atoms with van der Waals surface area (Å²) in [5, 5.41) is 0. The smallest absolute Gasteiger partial charge is 0.225 e. The molecule has 0 saturated heterocycles. The van der Waals surface area contributed by atoms with Gasteiger partial charge in [-0.2, -0.15) is 0 Å². The predicted octanol–water partition coefficient (Wildman–Crippen LogP) is 3.21.